The number of allylic oxidation sites excluding steroid dienone is 22. The van der Waals surface area contributed by atoms with Crippen molar-refractivity contribution < 1.29 is 42.9 Å². The van der Waals surface area contributed by atoms with Gasteiger partial charge in [-0.1, -0.05) is 379 Å². The fourth-order valence-corrected chi connectivity index (χ4v) is 12.0. The normalized spacial score (nSPS) is 13.3. The molecule has 0 aliphatic carbocycles. The lowest BCUT2D eigenvalue weighted by Crippen LogP contribution is -2.40. The van der Waals surface area contributed by atoms with Gasteiger partial charge in [0.15, 0.2) is 6.10 Å². The molecule has 0 rings (SSSR count). The number of carbonyl (C=O) groups is 3. The molecule has 0 amide bonds. The van der Waals surface area contributed by atoms with Crippen LogP contribution in [0.1, 0.15) is 373 Å². The molecule has 0 aromatic carbocycles. The lowest BCUT2D eigenvalue weighted by atomic mass is 10.0. The summed E-state index contributed by atoms with van der Waals surface area (Å²) < 4.78 is 23.0. The first kappa shape index (κ1) is 96.4. The van der Waals surface area contributed by atoms with E-state index in [4.69, 9.17) is 18.9 Å². The average Bonchev–Trinajstić information content (AvgIpc) is 1.25. The molecule has 2 unspecified atom stereocenters. The molecule has 1 N–H and O–H groups in total. The molecule has 0 radical (unpaired) electrons. The second kappa shape index (κ2) is 81.1. The predicted octanol–water partition coefficient (Wildman–Crippen LogP) is 27.6. The number of unbranched alkanes of at least 4 members (excludes halogenated alkanes) is 41. The molecule has 101 heavy (non-hydrogen) atoms. The van der Waals surface area contributed by atoms with Gasteiger partial charge in [-0.2, -0.15) is 0 Å². The summed E-state index contributed by atoms with van der Waals surface area (Å²) >= 11 is 0. The number of carboxylic acids is 1. The number of ether oxygens (including phenoxy) is 4. The highest BCUT2D eigenvalue weighted by Crippen LogP contribution is 2.19. The molecule has 9 nitrogen and oxygen atoms in total. The summed E-state index contributed by atoms with van der Waals surface area (Å²) in [5.74, 6) is -2.03. The number of hydrogen-bond acceptors (Lipinski definition) is 7. The standard InChI is InChI=1S/C92H159NO8/c1-6-8-10-12-14-16-18-20-22-24-26-28-30-32-34-36-38-40-42-43-44-45-46-47-49-50-52-54-56-58-60-62-64-66-68-70-72-74-76-78-80-82-89(94)99-86-88(87-100-92(91(96)97)98-85-84-93(3,4)5)101-90(95)83-81-79-77-75-73-71-69-67-65-63-61-59-57-55-53-51-48-41-39-37-35-33-31-29-27-25-23-21-19-17-15-13-11-9-7-2/h9,11,15,17,21,23-24,26-27,29,33,35,39,41,51,53,57,59,63,65,69,71,88,92H,6-8,10,12-14,16,18-20,22,25,28,30-32,34,36-38,40,42-50,52,54-56,58,60-62,64,66-68,70,72-87H2,1-5H3/p+1/b11-9-,17-15-,23-21-,26-24-,29-27-,35-33-,41-39-,53-51-,59-57-,65-63-,71-69-. The van der Waals surface area contributed by atoms with Crippen LogP contribution in [0, 0.1) is 0 Å². The maximum atomic E-state index is 13.0. The number of esters is 2. The van der Waals surface area contributed by atoms with Crippen molar-refractivity contribution in [3.05, 3.63) is 134 Å². The van der Waals surface area contributed by atoms with Crippen molar-refractivity contribution in [2.45, 2.75) is 386 Å². The first-order valence-electron chi connectivity index (χ1n) is 42.3. The third kappa shape index (κ3) is 82.6. The molecule has 0 aliphatic heterocycles. The zero-order valence-electron chi connectivity index (χ0n) is 66.5. The zero-order chi connectivity index (χ0) is 73.2. The Kier molecular flexibility index (Phi) is 77.4. The van der Waals surface area contributed by atoms with Crippen LogP contribution in [-0.4, -0.2) is 87.4 Å². The van der Waals surface area contributed by atoms with E-state index in [-0.39, 0.29) is 32.2 Å². The molecule has 0 spiro atoms. The molecule has 580 valence electrons. The van der Waals surface area contributed by atoms with E-state index in [0.29, 0.717) is 23.9 Å². The van der Waals surface area contributed by atoms with E-state index >= 15 is 0 Å². The Morgan fingerprint density at radius 2 is 0.564 bits per heavy atom. The monoisotopic (exact) mass is 1410 g/mol. The zero-order valence-corrected chi connectivity index (χ0v) is 66.5. The van der Waals surface area contributed by atoms with Crippen LogP contribution in [0.3, 0.4) is 0 Å². The van der Waals surface area contributed by atoms with Crippen LogP contribution in [0.2, 0.25) is 0 Å². The van der Waals surface area contributed by atoms with Crippen LogP contribution in [0.4, 0.5) is 0 Å². The smallest absolute Gasteiger partial charge is 0.361 e. The highest BCUT2D eigenvalue weighted by molar-refractivity contribution is 5.71. The average molecular weight is 1410 g/mol. The van der Waals surface area contributed by atoms with Crippen molar-refractivity contribution in [1.29, 1.82) is 0 Å². The van der Waals surface area contributed by atoms with Crippen LogP contribution < -0.4 is 0 Å². The topological polar surface area (TPSA) is 108 Å². The van der Waals surface area contributed by atoms with Crippen molar-refractivity contribution in [2.24, 2.45) is 0 Å². The molecule has 9 heteroatoms. The van der Waals surface area contributed by atoms with Gasteiger partial charge < -0.3 is 28.5 Å². The molecule has 0 aromatic rings. The number of hydrogen-bond donors (Lipinski definition) is 1. The Bertz CT molecular complexity index is 2130. The number of likely N-dealkylation sites (N-methyl/N-ethyl adjacent to an activating group) is 1. The third-order valence-electron chi connectivity index (χ3n) is 18.4. The molecular weight excluding hydrogens is 1250 g/mol. The number of carboxylic acid groups (broad SMARTS) is 1. The van der Waals surface area contributed by atoms with E-state index in [1.165, 1.54) is 231 Å². The number of aliphatic carboxylic acids is 1. The van der Waals surface area contributed by atoms with Gasteiger partial charge in [0, 0.05) is 12.8 Å². The molecule has 0 aromatic heterocycles. The molecular formula is C92H160NO8+. The Hall–Kier alpha value is -4.57. The Morgan fingerprint density at radius 1 is 0.307 bits per heavy atom. The van der Waals surface area contributed by atoms with Crippen LogP contribution in [0.25, 0.3) is 0 Å². The summed E-state index contributed by atoms with van der Waals surface area (Å²) in [6.45, 7) is 4.76. The maximum Gasteiger partial charge on any atom is 0.361 e. The number of rotatable bonds is 78. The number of quaternary nitrogens is 1. The fraction of sp³-hybridized carbons (Fsp3) is 0.728. The van der Waals surface area contributed by atoms with Gasteiger partial charge in [-0.3, -0.25) is 9.59 Å². The van der Waals surface area contributed by atoms with Crippen molar-refractivity contribution >= 4 is 17.9 Å². The second-order valence-electron chi connectivity index (χ2n) is 29.4. The van der Waals surface area contributed by atoms with E-state index in [1.54, 1.807) is 0 Å². The highest BCUT2D eigenvalue weighted by Gasteiger charge is 2.25. The van der Waals surface area contributed by atoms with Gasteiger partial charge in [0.05, 0.1) is 34.4 Å². The molecule has 0 saturated carbocycles. The predicted molar refractivity (Wildman–Crippen MR) is 438 cm³/mol. The molecule has 0 bridgehead atoms. The Morgan fingerprint density at radius 3 is 0.851 bits per heavy atom. The molecule has 0 fully saturated rings. The number of carbonyl (C=O) groups excluding carboxylic acids is 2. The van der Waals surface area contributed by atoms with Gasteiger partial charge >= 0.3 is 17.9 Å². The van der Waals surface area contributed by atoms with E-state index in [0.717, 1.165) is 109 Å². The minimum atomic E-state index is -1.53. The summed E-state index contributed by atoms with van der Waals surface area (Å²) in [6.07, 6.45) is 115. The number of nitrogens with zero attached hydrogens (tertiary/aromatic N) is 1. The molecule has 2 atom stereocenters. The van der Waals surface area contributed by atoms with Gasteiger partial charge in [0.2, 0.25) is 0 Å². The summed E-state index contributed by atoms with van der Waals surface area (Å²) in [7, 11) is 5.97. The van der Waals surface area contributed by atoms with Crippen LogP contribution in [-0.2, 0) is 33.3 Å². The van der Waals surface area contributed by atoms with E-state index in [1.807, 2.05) is 21.1 Å². The Balaban J connectivity index is 4.04. The van der Waals surface area contributed by atoms with Gasteiger partial charge in [0.1, 0.15) is 13.2 Å². The fourth-order valence-electron chi connectivity index (χ4n) is 12.0. The molecule has 0 aliphatic rings. The lowest BCUT2D eigenvalue weighted by molar-refractivity contribution is -0.870. The van der Waals surface area contributed by atoms with Gasteiger partial charge in [-0.15, -0.1) is 0 Å². The van der Waals surface area contributed by atoms with Crippen molar-refractivity contribution in [1.82, 2.24) is 0 Å². The molecule has 0 heterocycles. The van der Waals surface area contributed by atoms with Crippen molar-refractivity contribution in [2.75, 3.05) is 47.5 Å². The highest BCUT2D eigenvalue weighted by atomic mass is 16.7. The van der Waals surface area contributed by atoms with E-state index < -0.39 is 24.3 Å². The van der Waals surface area contributed by atoms with Gasteiger partial charge in [-0.05, 0) is 116 Å². The summed E-state index contributed by atoms with van der Waals surface area (Å²) in [5, 5.41) is 9.78. The second-order valence-corrected chi connectivity index (χ2v) is 29.4. The van der Waals surface area contributed by atoms with Crippen LogP contribution in [0.15, 0.2) is 134 Å². The SMILES string of the molecule is CC/C=C\C/C=C\C/C=C\C/C=C\C/C=C\C/C=C\C/C=C\C/C=C\C/C=C\C/C=C\CCCCCCC(=O)OC(COC(=O)CCCCCCCCCCCCCCCCCCCCCCCCCCCCCCC/C=C\CCCCCCCCCC)COC(OCC[N+](C)(C)C)C(=O)O. The summed E-state index contributed by atoms with van der Waals surface area (Å²) in [6, 6.07) is 0. The van der Waals surface area contributed by atoms with Crippen molar-refractivity contribution in [3.8, 4) is 0 Å². The molecule has 0 saturated heterocycles. The lowest BCUT2D eigenvalue weighted by Gasteiger charge is -2.25. The van der Waals surface area contributed by atoms with Crippen LogP contribution in [0.5, 0.6) is 0 Å². The van der Waals surface area contributed by atoms with Crippen molar-refractivity contribution in [3.63, 3.8) is 0 Å². The quantitative estimate of drug-likeness (QED) is 0.0211. The Labute approximate surface area is 624 Å². The van der Waals surface area contributed by atoms with E-state index in [2.05, 4.69) is 148 Å². The minimum Gasteiger partial charge on any atom is -0.477 e. The van der Waals surface area contributed by atoms with Gasteiger partial charge in [-0.25, -0.2) is 4.79 Å². The first-order chi connectivity index (χ1) is 49.6. The largest absolute Gasteiger partial charge is 0.477 e. The van der Waals surface area contributed by atoms with Crippen LogP contribution >= 0.6 is 0 Å². The first-order valence-corrected chi connectivity index (χ1v) is 42.3. The summed E-state index contributed by atoms with van der Waals surface area (Å²) in [4.78, 5) is 37.8. The minimum absolute atomic E-state index is 0.177. The summed E-state index contributed by atoms with van der Waals surface area (Å²) in [5.41, 5.74) is 0. The van der Waals surface area contributed by atoms with Gasteiger partial charge in [0.25, 0.3) is 6.29 Å². The van der Waals surface area contributed by atoms with E-state index in [9.17, 15) is 19.5 Å². The third-order valence-corrected chi connectivity index (χ3v) is 18.4. The maximum absolute atomic E-state index is 13.0.